The molecule has 0 aromatic heterocycles. The molecular formula is C15H19ClN2O3. The number of benzene rings is 1. The van der Waals surface area contributed by atoms with E-state index in [4.69, 9.17) is 17.3 Å². The maximum Gasteiger partial charge on any atom is 0.309 e. The number of aliphatic carboxylic acids is 1. The second kappa shape index (κ2) is 5.93. The van der Waals surface area contributed by atoms with E-state index in [0.717, 1.165) is 0 Å². The molecule has 0 saturated carbocycles. The van der Waals surface area contributed by atoms with E-state index in [2.05, 4.69) is 0 Å². The molecule has 114 valence electrons. The minimum atomic E-state index is -0.745. The van der Waals surface area contributed by atoms with Crippen molar-refractivity contribution in [3.8, 4) is 0 Å². The maximum atomic E-state index is 11.5. The Hall–Kier alpha value is -1.75. The fourth-order valence-corrected chi connectivity index (χ4v) is 3.04. The molecule has 1 heterocycles. The first-order chi connectivity index (χ1) is 9.89. The predicted octanol–water partition coefficient (Wildman–Crippen LogP) is 2.52. The Labute approximate surface area is 128 Å². The first kappa shape index (κ1) is 15.6. The number of carbonyl (C=O) groups is 2. The number of carbonyl (C=O) groups excluding carboxylic acids is 1. The third kappa shape index (κ3) is 2.97. The molecule has 6 heteroatoms. The zero-order chi connectivity index (χ0) is 15.6. The third-order valence-corrected chi connectivity index (χ3v) is 4.65. The van der Waals surface area contributed by atoms with Crippen molar-refractivity contribution in [3.05, 3.63) is 28.8 Å². The van der Waals surface area contributed by atoms with Crippen molar-refractivity contribution in [2.75, 3.05) is 18.0 Å². The van der Waals surface area contributed by atoms with Gasteiger partial charge in [0.1, 0.15) is 0 Å². The number of hydrogen-bond acceptors (Lipinski definition) is 3. The molecule has 0 aliphatic carbocycles. The summed E-state index contributed by atoms with van der Waals surface area (Å²) in [7, 11) is 0. The van der Waals surface area contributed by atoms with Gasteiger partial charge in [-0.1, -0.05) is 18.5 Å². The summed E-state index contributed by atoms with van der Waals surface area (Å²) < 4.78 is 0. The van der Waals surface area contributed by atoms with Gasteiger partial charge in [-0.05, 0) is 37.5 Å². The van der Waals surface area contributed by atoms with Gasteiger partial charge in [0.25, 0.3) is 5.91 Å². The summed E-state index contributed by atoms with van der Waals surface area (Å²) in [6.07, 6.45) is 1.70. The lowest BCUT2D eigenvalue weighted by molar-refractivity contribution is -0.150. The van der Waals surface area contributed by atoms with Gasteiger partial charge in [-0.3, -0.25) is 9.59 Å². The average Bonchev–Trinajstić information content (AvgIpc) is 2.46. The first-order valence-electron chi connectivity index (χ1n) is 6.97. The third-order valence-electron chi connectivity index (χ3n) is 4.42. The van der Waals surface area contributed by atoms with Crippen LogP contribution < -0.4 is 10.6 Å². The molecule has 1 aromatic carbocycles. The minimum Gasteiger partial charge on any atom is -0.481 e. The standard InChI is InChI=1S/C15H19ClN2O3/c1-2-15(14(20)21)5-7-18(8-6-15)12-9-10(16)3-4-11(12)13(17)19/h3-4,9H,2,5-8H2,1H3,(H2,17,19)(H,20,21). The van der Waals surface area contributed by atoms with Crippen LogP contribution in [0.1, 0.15) is 36.5 Å². The van der Waals surface area contributed by atoms with Gasteiger partial charge in [0, 0.05) is 18.1 Å². The molecule has 2 rings (SSSR count). The zero-order valence-corrected chi connectivity index (χ0v) is 12.7. The number of amides is 1. The largest absolute Gasteiger partial charge is 0.481 e. The quantitative estimate of drug-likeness (QED) is 0.895. The Balaban J connectivity index is 2.25. The summed E-state index contributed by atoms with van der Waals surface area (Å²) in [6, 6.07) is 4.95. The molecule has 1 aliphatic rings. The molecule has 1 aromatic rings. The topological polar surface area (TPSA) is 83.6 Å². The molecule has 5 nitrogen and oxygen atoms in total. The lowest BCUT2D eigenvalue weighted by Gasteiger charge is -2.40. The Morgan fingerprint density at radius 1 is 1.38 bits per heavy atom. The van der Waals surface area contributed by atoms with E-state index in [0.29, 0.717) is 48.6 Å². The number of carboxylic acids is 1. The number of hydrogen-bond donors (Lipinski definition) is 2. The van der Waals surface area contributed by atoms with Gasteiger partial charge in [-0.15, -0.1) is 0 Å². The van der Waals surface area contributed by atoms with Crippen molar-refractivity contribution in [2.45, 2.75) is 26.2 Å². The minimum absolute atomic E-state index is 0.415. The molecular weight excluding hydrogens is 292 g/mol. The molecule has 21 heavy (non-hydrogen) atoms. The molecule has 0 atom stereocenters. The van der Waals surface area contributed by atoms with Crippen molar-refractivity contribution >= 4 is 29.2 Å². The van der Waals surface area contributed by atoms with Gasteiger partial charge in [0.2, 0.25) is 0 Å². The Bertz CT molecular complexity index is 566. The van der Waals surface area contributed by atoms with Gasteiger partial charge in [0.15, 0.2) is 0 Å². The fourth-order valence-electron chi connectivity index (χ4n) is 2.87. The van der Waals surface area contributed by atoms with Gasteiger partial charge >= 0.3 is 5.97 Å². The number of halogens is 1. The second-order valence-corrected chi connectivity index (χ2v) is 5.89. The van der Waals surface area contributed by atoms with Crippen molar-refractivity contribution in [1.82, 2.24) is 0 Å². The predicted molar refractivity (Wildman–Crippen MR) is 81.8 cm³/mol. The Morgan fingerprint density at radius 2 is 2.00 bits per heavy atom. The molecule has 1 saturated heterocycles. The SMILES string of the molecule is CCC1(C(=O)O)CCN(c2cc(Cl)ccc2C(N)=O)CC1. The average molecular weight is 311 g/mol. The van der Waals surface area contributed by atoms with E-state index in [1.807, 2.05) is 11.8 Å². The molecule has 0 spiro atoms. The van der Waals surface area contributed by atoms with Crippen molar-refractivity contribution < 1.29 is 14.7 Å². The molecule has 1 aliphatic heterocycles. The van der Waals surface area contributed by atoms with Gasteiger partial charge in [-0.25, -0.2) is 0 Å². The summed E-state index contributed by atoms with van der Waals surface area (Å²) in [5.74, 6) is -1.25. The lowest BCUT2D eigenvalue weighted by Crippen LogP contribution is -2.44. The van der Waals surface area contributed by atoms with Crippen LogP contribution in [0, 0.1) is 5.41 Å². The number of piperidine rings is 1. The zero-order valence-electron chi connectivity index (χ0n) is 11.9. The normalized spacial score (nSPS) is 17.5. The van der Waals surface area contributed by atoms with E-state index < -0.39 is 17.3 Å². The van der Waals surface area contributed by atoms with E-state index in [1.165, 1.54) is 0 Å². The summed E-state index contributed by atoms with van der Waals surface area (Å²) in [4.78, 5) is 25.0. The Morgan fingerprint density at radius 3 is 2.48 bits per heavy atom. The summed E-state index contributed by atoms with van der Waals surface area (Å²) in [5.41, 5.74) is 5.83. The number of rotatable bonds is 4. The van der Waals surface area contributed by atoms with E-state index in [1.54, 1.807) is 18.2 Å². The van der Waals surface area contributed by atoms with Gasteiger partial charge in [-0.2, -0.15) is 0 Å². The highest BCUT2D eigenvalue weighted by Gasteiger charge is 2.40. The number of nitrogens with zero attached hydrogens (tertiary/aromatic N) is 1. The highest BCUT2D eigenvalue weighted by molar-refractivity contribution is 6.31. The lowest BCUT2D eigenvalue weighted by atomic mass is 9.76. The first-order valence-corrected chi connectivity index (χ1v) is 7.35. The molecule has 0 radical (unpaired) electrons. The maximum absolute atomic E-state index is 11.5. The van der Waals surface area contributed by atoms with Crippen LogP contribution in [0.2, 0.25) is 5.02 Å². The number of carboxylic acid groups (broad SMARTS) is 1. The summed E-state index contributed by atoms with van der Waals surface area (Å²) >= 11 is 6.00. The van der Waals surface area contributed by atoms with Crippen LogP contribution in [0.15, 0.2) is 18.2 Å². The van der Waals surface area contributed by atoms with Crippen LogP contribution in [-0.4, -0.2) is 30.1 Å². The van der Waals surface area contributed by atoms with Gasteiger partial charge in [0.05, 0.1) is 16.7 Å². The van der Waals surface area contributed by atoms with Crippen LogP contribution in [0.3, 0.4) is 0 Å². The van der Waals surface area contributed by atoms with E-state index >= 15 is 0 Å². The number of anilines is 1. The van der Waals surface area contributed by atoms with Crippen molar-refractivity contribution in [3.63, 3.8) is 0 Å². The van der Waals surface area contributed by atoms with Crippen molar-refractivity contribution in [1.29, 1.82) is 0 Å². The number of nitrogens with two attached hydrogens (primary N) is 1. The van der Waals surface area contributed by atoms with Crippen LogP contribution in [-0.2, 0) is 4.79 Å². The van der Waals surface area contributed by atoms with Crippen molar-refractivity contribution in [2.24, 2.45) is 11.1 Å². The molecule has 3 N–H and O–H groups in total. The molecule has 0 bridgehead atoms. The Kier molecular flexibility index (Phi) is 4.42. The molecule has 1 fully saturated rings. The summed E-state index contributed by atoms with van der Waals surface area (Å²) in [5, 5.41) is 9.95. The summed E-state index contributed by atoms with van der Waals surface area (Å²) in [6.45, 7) is 3.04. The van der Waals surface area contributed by atoms with E-state index in [9.17, 15) is 14.7 Å². The monoisotopic (exact) mass is 310 g/mol. The van der Waals surface area contributed by atoms with Crippen LogP contribution in [0.5, 0.6) is 0 Å². The van der Waals surface area contributed by atoms with Crippen LogP contribution >= 0.6 is 11.6 Å². The highest BCUT2D eigenvalue weighted by Crippen LogP contribution is 2.37. The van der Waals surface area contributed by atoms with E-state index in [-0.39, 0.29) is 0 Å². The second-order valence-electron chi connectivity index (χ2n) is 5.45. The highest BCUT2D eigenvalue weighted by atomic mass is 35.5. The van der Waals surface area contributed by atoms with Crippen LogP contribution in [0.25, 0.3) is 0 Å². The smallest absolute Gasteiger partial charge is 0.309 e. The molecule has 0 unspecified atom stereocenters. The molecule has 1 amide bonds. The van der Waals surface area contributed by atoms with Crippen LogP contribution in [0.4, 0.5) is 5.69 Å². The number of primary amides is 1. The fraction of sp³-hybridized carbons (Fsp3) is 0.467. The van der Waals surface area contributed by atoms with Gasteiger partial charge < -0.3 is 15.7 Å².